The Balaban J connectivity index is 1.58. The lowest BCUT2D eigenvalue weighted by atomic mass is 9.94. The summed E-state index contributed by atoms with van der Waals surface area (Å²) in [6.07, 6.45) is 0.291. The van der Waals surface area contributed by atoms with Gasteiger partial charge in [0.2, 0.25) is 0 Å². The Labute approximate surface area is 189 Å². The largest absolute Gasteiger partial charge is 0.480 e. The fourth-order valence-corrected chi connectivity index (χ4v) is 5.12. The molecule has 158 valence electrons. The zero-order valence-electron chi connectivity index (χ0n) is 17.1. The predicted octanol–water partition coefficient (Wildman–Crippen LogP) is 5.13. The second-order valence-electron chi connectivity index (χ2n) is 7.69. The molecular formula is C26H20N2O3S. The van der Waals surface area contributed by atoms with Crippen LogP contribution in [-0.2, 0) is 17.8 Å². The number of carboxylic acids is 1. The highest BCUT2D eigenvalue weighted by Crippen LogP contribution is 2.38. The normalized spacial score (nSPS) is 15.2. The maximum atomic E-state index is 13.6. The van der Waals surface area contributed by atoms with Gasteiger partial charge in [-0.2, -0.15) is 0 Å². The van der Waals surface area contributed by atoms with E-state index >= 15 is 0 Å². The van der Waals surface area contributed by atoms with Crippen molar-refractivity contribution in [3.05, 3.63) is 101 Å². The zero-order valence-corrected chi connectivity index (χ0v) is 18.0. The van der Waals surface area contributed by atoms with Gasteiger partial charge in [0.25, 0.3) is 5.91 Å². The van der Waals surface area contributed by atoms with Crippen LogP contribution in [0.25, 0.3) is 21.7 Å². The van der Waals surface area contributed by atoms with E-state index in [1.807, 2.05) is 84.9 Å². The van der Waals surface area contributed by atoms with Gasteiger partial charge in [-0.3, -0.25) is 4.79 Å². The minimum atomic E-state index is -1.00. The standard InChI is InChI=1S/C26H20N2O3S/c29-25(28-16-20-14-8-7-13-19(20)15-21(28)26(30)31)24-27-22(17-9-3-1-4-10-17)23(32-24)18-11-5-2-6-12-18/h1-14,21H,15-16H2,(H,30,31)/t21-/m0/s1. The highest BCUT2D eigenvalue weighted by molar-refractivity contribution is 7.17. The summed E-state index contributed by atoms with van der Waals surface area (Å²) in [6, 6.07) is 26.3. The van der Waals surface area contributed by atoms with Crippen molar-refractivity contribution in [3.63, 3.8) is 0 Å². The van der Waals surface area contributed by atoms with Crippen LogP contribution >= 0.6 is 11.3 Å². The molecule has 0 bridgehead atoms. The van der Waals surface area contributed by atoms with Gasteiger partial charge in [0.1, 0.15) is 6.04 Å². The van der Waals surface area contributed by atoms with Gasteiger partial charge in [0, 0.05) is 18.5 Å². The number of thiazole rings is 1. The first-order chi connectivity index (χ1) is 15.6. The number of fused-ring (bicyclic) bond motifs is 1. The van der Waals surface area contributed by atoms with Crippen molar-refractivity contribution in [2.75, 3.05) is 0 Å². The van der Waals surface area contributed by atoms with Crippen molar-refractivity contribution >= 4 is 23.2 Å². The van der Waals surface area contributed by atoms with Crippen LogP contribution < -0.4 is 0 Å². The minimum Gasteiger partial charge on any atom is -0.480 e. The quantitative estimate of drug-likeness (QED) is 0.478. The lowest BCUT2D eigenvalue weighted by Crippen LogP contribution is -2.48. The molecule has 1 amide bonds. The number of aromatic nitrogens is 1. The second-order valence-corrected chi connectivity index (χ2v) is 8.69. The van der Waals surface area contributed by atoms with E-state index in [1.54, 1.807) is 0 Å². The maximum absolute atomic E-state index is 13.6. The molecule has 0 fully saturated rings. The van der Waals surface area contributed by atoms with E-state index in [9.17, 15) is 14.7 Å². The van der Waals surface area contributed by atoms with Gasteiger partial charge in [-0.05, 0) is 16.7 Å². The van der Waals surface area contributed by atoms with Crippen LogP contribution in [0.2, 0.25) is 0 Å². The average molecular weight is 441 g/mol. The summed E-state index contributed by atoms with van der Waals surface area (Å²) in [5.41, 5.74) is 4.57. The lowest BCUT2D eigenvalue weighted by molar-refractivity contribution is -0.142. The number of benzene rings is 3. The van der Waals surface area contributed by atoms with Crippen LogP contribution in [0.3, 0.4) is 0 Å². The molecule has 2 heterocycles. The first-order valence-electron chi connectivity index (χ1n) is 10.3. The third-order valence-corrected chi connectivity index (χ3v) is 6.78. The van der Waals surface area contributed by atoms with Crippen LogP contribution in [0.15, 0.2) is 84.9 Å². The summed E-state index contributed by atoms with van der Waals surface area (Å²) < 4.78 is 0. The number of carbonyl (C=O) groups is 2. The first-order valence-corrected chi connectivity index (χ1v) is 11.2. The van der Waals surface area contributed by atoms with Gasteiger partial charge in [0.15, 0.2) is 5.01 Å². The molecule has 0 unspecified atom stereocenters. The van der Waals surface area contributed by atoms with Gasteiger partial charge >= 0.3 is 5.97 Å². The van der Waals surface area contributed by atoms with Crippen LogP contribution in [0.1, 0.15) is 20.9 Å². The first kappa shape index (κ1) is 20.2. The molecule has 1 aliphatic rings. The Hall–Kier alpha value is -3.77. The predicted molar refractivity (Wildman–Crippen MR) is 124 cm³/mol. The molecule has 32 heavy (non-hydrogen) atoms. The molecule has 1 N–H and O–H groups in total. The van der Waals surface area contributed by atoms with Crippen LogP contribution in [0.4, 0.5) is 0 Å². The van der Waals surface area contributed by atoms with Crippen molar-refractivity contribution in [1.29, 1.82) is 0 Å². The SMILES string of the molecule is O=C(O)[C@@H]1Cc2ccccc2CN1C(=O)c1nc(-c2ccccc2)c(-c2ccccc2)s1. The maximum Gasteiger partial charge on any atom is 0.326 e. The molecule has 3 aromatic carbocycles. The third kappa shape index (κ3) is 3.69. The van der Waals surface area contributed by atoms with Crippen molar-refractivity contribution < 1.29 is 14.7 Å². The van der Waals surface area contributed by atoms with Gasteiger partial charge in [-0.15, -0.1) is 11.3 Å². The number of amides is 1. The average Bonchev–Trinajstić information content (AvgIpc) is 3.29. The molecule has 1 aromatic heterocycles. The van der Waals surface area contributed by atoms with Gasteiger partial charge < -0.3 is 10.0 Å². The number of carboxylic acid groups (broad SMARTS) is 1. The van der Waals surface area contributed by atoms with Crippen molar-refractivity contribution in [2.24, 2.45) is 0 Å². The molecule has 5 nitrogen and oxygen atoms in total. The molecule has 0 spiro atoms. The molecule has 6 heteroatoms. The molecule has 5 rings (SSSR count). The number of rotatable bonds is 4. The van der Waals surface area contributed by atoms with Crippen molar-refractivity contribution in [1.82, 2.24) is 9.88 Å². The van der Waals surface area contributed by atoms with Gasteiger partial charge in [0.05, 0.1) is 10.6 Å². The Bertz CT molecular complexity index is 1230. The molecule has 1 atom stereocenters. The molecule has 0 saturated carbocycles. The van der Waals surface area contributed by atoms with E-state index in [1.165, 1.54) is 16.2 Å². The van der Waals surface area contributed by atoms with E-state index in [4.69, 9.17) is 4.98 Å². The Kier molecular flexibility index (Phi) is 5.29. The molecular weight excluding hydrogens is 420 g/mol. The Morgan fingerprint density at radius 3 is 2.09 bits per heavy atom. The number of hydrogen-bond acceptors (Lipinski definition) is 4. The number of hydrogen-bond donors (Lipinski definition) is 1. The highest BCUT2D eigenvalue weighted by atomic mass is 32.1. The molecule has 0 saturated heterocycles. The number of nitrogens with zero attached hydrogens (tertiary/aromatic N) is 2. The van der Waals surface area contributed by atoms with Crippen molar-refractivity contribution in [2.45, 2.75) is 19.0 Å². The van der Waals surface area contributed by atoms with Crippen LogP contribution in [-0.4, -0.2) is 32.9 Å². The molecule has 0 aliphatic carbocycles. The minimum absolute atomic E-state index is 0.257. The van der Waals surface area contributed by atoms with Crippen LogP contribution in [0, 0.1) is 0 Å². The number of carbonyl (C=O) groups excluding carboxylic acids is 1. The summed E-state index contributed by atoms with van der Waals surface area (Å²) >= 11 is 1.31. The number of aliphatic carboxylic acids is 1. The Morgan fingerprint density at radius 1 is 0.844 bits per heavy atom. The van der Waals surface area contributed by atoms with E-state index in [-0.39, 0.29) is 12.5 Å². The summed E-state index contributed by atoms with van der Waals surface area (Å²) in [5.74, 6) is -1.35. The summed E-state index contributed by atoms with van der Waals surface area (Å²) in [6.45, 7) is 0.257. The lowest BCUT2D eigenvalue weighted by Gasteiger charge is -2.33. The van der Waals surface area contributed by atoms with Gasteiger partial charge in [-0.25, -0.2) is 9.78 Å². The van der Waals surface area contributed by atoms with Crippen molar-refractivity contribution in [3.8, 4) is 21.7 Å². The monoisotopic (exact) mass is 440 g/mol. The summed E-state index contributed by atoms with van der Waals surface area (Å²) in [7, 11) is 0. The van der Waals surface area contributed by atoms with E-state index in [0.717, 1.165) is 32.8 Å². The zero-order chi connectivity index (χ0) is 22.1. The van der Waals surface area contributed by atoms with E-state index in [2.05, 4.69) is 0 Å². The van der Waals surface area contributed by atoms with Gasteiger partial charge in [-0.1, -0.05) is 84.9 Å². The van der Waals surface area contributed by atoms with E-state index in [0.29, 0.717) is 11.4 Å². The molecule has 4 aromatic rings. The van der Waals surface area contributed by atoms with E-state index < -0.39 is 12.0 Å². The summed E-state index contributed by atoms with van der Waals surface area (Å²) in [4.78, 5) is 32.6. The fourth-order valence-electron chi connectivity index (χ4n) is 4.07. The summed E-state index contributed by atoms with van der Waals surface area (Å²) in [5, 5.41) is 10.1. The van der Waals surface area contributed by atoms with Crippen LogP contribution in [0.5, 0.6) is 0 Å². The second kappa shape index (κ2) is 8.40. The molecule has 1 aliphatic heterocycles. The smallest absolute Gasteiger partial charge is 0.326 e. The molecule has 0 radical (unpaired) electrons. The topological polar surface area (TPSA) is 70.5 Å². The highest BCUT2D eigenvalue weighted by Gasteiger charge is 2.36. The fraction of sp³-hybridized carbons (Fsp3) is 0.115. The third-order valence-electron chi connectivity index (χ3n) is 5.69. The Morgan fingerprint density at radius 2 is 1.44 bits per heavy atom.